The smallest absolute Gasteiger partial charge is 0.386 e. The summed E-state index contributed by atoms with van der Waals surface area (Å²) in [5.74, 6) is 0. The van der Waals surface area contributed by atoms with Gasteiger partial charge in [0.1, 0.15) is 0 Å². The first-order valence-corrected chi connectivity index (χ1v) is 5.50. The molecule has 1 heterocycles. The molecular weight excluding hydrogens is 243 g/mol. The minimum absolute atomic E-state index is 0.460. The van der Waals surface area contributed by atoms with Gasteiger partial charge in [0.25, 0.3) is 0 Å². The third kappa shape index (κ3) is 2.10. The van der Waals surface area contributed by atoms with E-state index in [1.807, 2.05) is 0 Å². The van der Waals surface area contributed by atoms with Gasteiger partial charge in [-0.1, -0.05) is 6.07 Å². The molecule has 1 aromatic heterocycles. The van der Waals surface area contributed by atoms with Crippen LogP contribution in [0.1, 0.15) is 25.0 Å². The van der Waals surface area contributed by atoms with E-state index >= 15 is 0 Å². The molecule has 2 aromatic rings. The van der Waals surface area contributed by atoms with Gasteiger partial charge in [-0.2, -0.15) is 13.2 Å². The highest BCUT2D eigenvalue weighted by Crippen LogP contribution is 2.35. The lowest BCUT2D eigenvalue weighted by atomic mass is 9.97. The fourth-order valence-corrected chi connectivity index (χ4v) is 2.05. The van der Waals surface area contributed by atoms with Crippen LogP contribution in [0.2, 0.25) is 0 Å². The molecule has 2 nitrogen and oxygen atoms in total. The average Bonchev–Trinajstić information content (AvgIpc) is 2.54. The Bertz CT molecular complexity index is 591. The number of aromatic nitrogens is 1. The zero-order valence-electron chi connectivity index (χ0n) is 10.3. The van der Waals surface area contributed by atoms with E-state index in [2.05, 4.69) is 0 Å². The van der Waals surface area contributed by atoms with Crippen molar-refractivity contribution < 1.29 is 18.3 Å². The molecule has 0 saturated carbocycles. The minimum atomic E-state index is -4.35. The van der Waals surface area contributed by atoms with Crippen LogP contribution in [0.3, 0.4) is 0 Å². The van der Waals surface area contributed by atoms with Crippen molar-refractivity contribution in [2.45, 2.75) is 25.6 Å². The molecule has 0 spiro atoms. The number of halogens is 3. The van der Waals surface area contributed by atoms with Crippen LogP contribution in [0.15, 0.2) is 24.4 Å². The fourth-order valence-electron chi connectivity index (χ4n) is 2.05. The molecule has 0 saturated heterocycles. The topological polar surface area (TPSA) is 25.2 Å². The van der Waals surface area contributed by atoms with Gasteiger partial charge in [-0.25, -0.2) is 0 Å². The van der Waals surface area contributed by atoms with Crippen molar-refractivity contribution in [3.05, 3.63) is 35.5 Å². The van der Waals surface area contributed by atoms with Crippen molar-refractivity contribution in [3.8, 4) is 0 Å². The van der Waals surface area contributed by atoms with Crippen LogP contribution in [0, 0.1) is 0 Å². The van der Waals surface area contributed by atoms with Gasteiger partial charge in [-0.05, 0) is 26.0 Å². The number of alkyl halides is 3. The Morgan fingerprint density at radius 3 is 2.28 bits per heavy atom. The molecule has 0 aliphatic heterocycles. The molecule has 2 rings (SSSR count). The Kier molecular flexibility index (Phi) is 2.70. The van der Waals surface area contributed by atoms with Gasteiger partial charge in [-0.3, -0.25) is 0 Å². The van der Waals surface area contributed by atoms with Gasteiger partial charge < -0.3 is 9.67 Å². The summed E-state index contributed by atoms with van der Waals surface area (Å²) in [6, 6.07) is 3.55. The number of rotatable bonds is 1. The second-order valence-electron chi connectivity index (χ2n) is 4.94. The molecule has 0 fully saturated rings. The van der Waals surface area contributed by atoms with Crippen LogP contribution in [-0.4, -0.2) is 9.67 Å². The number of aryl methyl sites for hydroxylation is 1. The summed E-state index contributed by atoms with van der Waals surface area (Å²) >= 11 is 0. The van der Waals surface area contributed by atoms with E-state index in [-0.39, 0.29) is 0 Å². The first-order valence-electron chi connectivity index (χ1n) is 5.50. The third-order valence-electron chi connectivity index (χ3n) is 2.98. The van der Waals surface area contributed by atoms with Crippen molar-refractivity contribution in [3.63, 3.8) is 0 Å². The van der Waals surface area contributed by atoms with E-state index in [1.165, 1.54) is 6.07 Å². The Morgan fingerprint density at radius 1 is 1.17 bits per heavy atom. The second kappa shape index (κ2) is 3.75. The normalized spacial score (nSPS) is 13.3. The molecule has 98 valence electrons. The maximum atomic E-state index is 12.6. The van der Waals surface area contributed by atoms with Gasteiger partial charge in [-0.15, -0.1) is 0 Å². The van der Waals surface area contributed by atoms with Crippen LogP contribution < -0.4 is 0 Å². The lowest BCUT2D eigenvalue weighted by molar-refractivity contribution is -0.137. The van der Waals surface area contributed by atoms with Gasteiger partial charge >= 0.3 is 6.18 Å². The van der Waals surface area contributed by atoms with E-state index in [1.54, 1.807) is 31.7 Å². The fraction of sp³-hybridized carbons (Fsp3) is 0.385. The van der Waals surface area contributed by atoms with Gasteiger partial charge in [0.2, 0.25) is 0 Å². The van der Waals surface area contributed by atoms with Gasteiger partial charge in [0, 0.05) is 29.7 Å². The maximum Gasteiger partial charge on any atom is 0.416 e. The molecular formula is C13H14F3NO. The third-order valence-corrected chi connectivity index (χ3v) is 2.98. The molecule has 18 heavy (non-hydrogen) atoms. The second-order valence-corrected chi connectivity index (χ2v) is 4.94. The van der Waals surface area contributed by atoms with Crippen molar-refractivity contribution >= 4 is 10.9 Å². The zero-order chi connectivity index (χ0) is 13.7. The molecule has 0 aliphatic carbocycles. The summed E-state index contributed by atoms with van der Waals surface area (Å²) in [6.07, 6.45) is -2.70. The number of hydrogen-bond donors (Lipinski definition) is 1. The molecule has 0 amide bonds. The van der Waals surface area contributed by atoms with Gasteiger partial charge in [0.05, 0.1) is 11.2 Å². The highest BCUT2D eigenvalue weighted by atomic mass is 19.4. The SMILES string of the molecule is Cn1cc(C(C)(C)O)c2ccc(C(F)(F)F)cc21. The molecule has 0 radical (unpaired) electrons. The summed E-state index contributed by atoms with van der Waals surface area (Å²) in [4.78, 5) is 0. The zero-order valence-corrected chi connectivity index (χ0v) is 10.3. The molecule has 0 unspecified atom stereocenters. The number of hydrogen-bond acceptors (Lipinski definition) is 1. The standard InChI is InChI=1S/C13H14F3NO/c1-12(2,18)10-7-17(3)11-6-8(13(14,15)16)4-5-9(10)11/h4-7,18H,1-3H3. The lowest BCUT2D eigenvalue weighted by Crippen LogP contribution is -2.14. The van der Waals surface area contributed by atoms with Crippen molar-refractivity contribution in [1.82, 2.24) is 4.57 Å². The van der Waals surface area contributed by atoms with E-state index in [4.69, 9.17) is 0 Å². The Labute approximate surface area is 103 Å². The maximum absolute atomic E-state index is 12.6. The number of benzene rings is 1. The largest absolute Gasteiger partial charge is 0.416 e. The Morgan fingerprint density at radius 2 is 1.78 bits per heavy atom. The first-order chi connectivity index (χ1) is 8.10. The monoisotopic (exact) mass is 257 g/mol. The number of nitrogens with zero attached hydrogens (tertiary/aromatic N) is 1. The van der Waals surface area contributed by atoms with Gasteiger partial charge in [0.15, 0.2) is 0 Å². The lowest BCUT2D eigenvalue weighted by Gasteiger charge is -2.16. The van der Waals surface area contributed by atoms with Crippen LogP contribution in [0.25, 0.3) is 10.9 Å². The highest BCUT2D eigenvalue weighted by molar-refractivity contribution is 5.85. The van der Waals surface area contributed by atoms with Crippen LogP contribution in [0.5, 0.6) is 0 Å². The predicted octanol–water partition coefficient (Wildman–Crippen LogP) is 3.42. The molecule has 1 N–H and O–H groups in total. The van der Waals surface area contributed by atoms with E-state index in [0.717, 1.165) is 12.1 Å². The summed E-state index contributed by atoms with van der Waals surface area (Å²) in [6.45, 7) is 3.22. The molecule has 0 aliphatic rings. The van der Waals surface area contributed by atoms with Crippen molar-refractivity contribution in [2.75, 3.05) is 0 Å². The Hall–Kier alpha value is -1.49. The van der Waals surface area contributed by atoms with Crippen LogP contribution in [0.4, 0.5) is 13.2 Å². The first kappa shape index (κ1) is 13.0. The number of fused-ring (bicyclic) bond motifs is 1. The summed E-state index contributed by atoms with van der Waals surface area (Å²) in [5.41, 5.74) is -0.687. The van der Waals surface area contributed by atoms with Crippen molar-refractivity contribution in [2.24, 2.45) is 7.05 Å². The van der Waals surface area contributed by atoms with Crippen molar-refractivity contribution in [1.29, 1.82) is 0 Å². The van der Waals surface area contributed by atoms with E-state index in [0.29, 0.717) is 16.5 Å². The summed E-state index contributed by atoms with van der Waals surface area (Å²) in [5, 5.41) is 10.6. The number of aliphatic hydroxyl groups is 1. The Balaban J connectivity index is 2.71. The molecule has 5 heteroatoms. The minimum Gasteiger partial charge on any atom is -0.386 e. The predicted molar refractivity (Wildman–Crippen MR) is 63.2 cm³/mol. The summed E-state index contributed by atoms with van der Waals surface area (Å²) < 4.78 is 39.5. The van der Waals surface area contributed by atoms with Crippen LogP contribution >= 0.6 is 0 Å². The van der Waals surface area contributed by atoms with E-state index < -0.39 is 17.3 Å². The molecule has 1 aromatic carbocycles. The highest BCUT2D eigenvalue weighted by Gasteiger charge is 2.31. The molecule has 0 bridgehead atoms. The quantitative estimate of drug-likeness (QED) is 0.832. The van der Waals surface area contributed by atoms with E-state index in [9.17, 15) is 18.3 Å². The average molecular weight is 257 g/mol. The molecule has 0 atom stereocenters. The summed E-state index contributed by atoms with van der Waals surface area (Å²) in [7, 11) is 1.66. The van der Waals surface area contributed by atoms with Crippen LogP contribution in [-0.2, 0) is 18.8 Å².